The van der Waals surface area contributed by atoms with Gasteiger partial charge < -0.3 is 4.74 Å². The van der Waals surface area contributed by atoms with Gasteiger partial charge in [0.05, 0.1) is 0 Å². The third kappa shape index (κ3) is 3.54. The number of benzene rings is 1. The van der Waals surface area contributed by atoms with E-state index in [1.807, 2.05) is 37.4 Å². The lowest BCUT2D eigenvalue weighted by Crippen LogP contribution is -2.21. The third-order valence-corrected chi connectivity index (χ3v) is 2.61. The summed E-state index contributed by atoms with van der Waals surface area (Å²) in [5.74, 6) is 0.898. The van der Waals surface area contributed by atoms with Crippen molar-refractivity contribution in [3.05, 3.63) is 42.5 Å². The van der Waals surface area contributed by atoms with Gasteiger partial charge in [-0.1, -0.05) is 24.3 Å². The molecular weight excluding hydrogens is 198 g/mol. The summed E-state index contributed by atoms with van der Waals surface area (Å²) in [6.45, 7) is 9.49. The van der Waals surface area contributed by atoms with Crippen molar-refractivity contribution in [2.24, 2.45) is 0 Å². The van der Waals surface area contributed by atoms with Crippen LogP contribution in [0.5, 0.6) is 5.75 Å². The summed E-state index contributed by atoms with van der Waals surface area (Å²) in [7, 11) is 2.04. The standard InChI is InChI=1S/C14H20NO/c1-5-13(15(4)6-2)11-16-14-9-7-12(3)8-10-14/h5,7-10H,1,6,11H2,2-4H3/q+1. The molecule has 0 fully saturated rings. The second-order valence-corrected chi connectivity index (χ2v) is 3.81. The first-order valence-corrected chi connectivity index (χ1v) is 5.56. The smallest absolute Gasteiger partial charge is 0.213 e. The minimum atomic E-state index is 0.566. The number of ether oxygens (including phenoxy) is 1. The molecule has 1 aromatic carbocycles. The Kier molecular flexibility index (Phi) is 4.77. The topological polar surface area (TPSA) is 12.2 Å². The zero-order valence-corrected chi connectivity index (χ0v) is 10.4. The normalized spacial score (nSPS) is 11.9. The molecule has 2 heteroatoms. The fourth-order valence-corrected chi connectivity index (χ4v) is 1.32. The van der Waals surface area contributed by atoms with Gasteiger partial charge in [-0.25, -0.2) is 4.58 Å². The molecule has 1 aromatic rings. The Labute approximate surface area is 97.9 Å². The van der Waals surface area contributed by atoms with Crippen LogP contribution >= 0.6 is 0 Å². The first-order chi connectivity index (χ1) is 7.67. The Hall–Kier alpha value is -1.57. The highest BCUT2D eigenvalue weighted by molar-refractivity contribution is 5.91. The van der Waals surface area contributed by atoms with Crippen LogP contribution in [0.2, 0.25) is 0 Å². The first-order valence-electron chi connectivity index (χ1n) is 5.56. The van der Waals surface area contributed by atoms with Gasteiger partial charge in [0.25, 0.3) is 0 Å². The molecule has 0 heterocycles. The molecule has 0 N–H and O–H groups in total. The molecular formula is C14H20NO+. The minimum Gasteiger partial charge on any atom is -0.483 e. The number of hydrogen-bond acceptors (Lipinski definition) is 1. The lowest BCUT2D eigenvalue weighted by Gasteiger charge is -2.05. The van der Waals surface area contributed by atoms with E-state index >= 15 is 0 Å². The van der Waals surface area contributed by atoms with Crippen molar-refractivity contribution >= 4 is 5.71 Å². The fourth-order valence-electron chi connectivity index (χ4n) is 1.32. The van der Waals surface area contributed by atoms with Gasteiger partial charge in [-0.2, -0.15) is 0 Å². The van der Waals surface area contributed by atoms with Gasteiger partial charge >= 0.3 is 0 Å². The monoisotopic (exact) mass is 218 g/mol. The summed E-state index contributed by atoms with van der Waals surface area (Å²) in [6.07, 6.45) is 1.84. The summed E-state index contributed by atoms with van der Waals surface area (Å²) in [4.78, 5) is 0. The molecule has 2 nitrogen and oxygen atoms in total. The summed E-state index contributed by atoms with van der Waals surface area (Å²) < 4.78 is 7.81. The number of nitrogens with zero attached hydrogens (tertiary/aromatic N) is 1. The summed E-state index contributed by atoms with van der Waals surface area (Å²) in [6, 6.07) is 8.07. The second kappa shape index (κ2) is 6.11. The van der Waals surface area contributed by atoms with Gasteiger partial charge in [-0.15, -0.1) is 0 Å². The van der Waals surface area contributed by atoms with Gasteiger partial charge in [0, 0.05) is 6.08 Å². The van der Waals surface area contributed by atoms with Crippen molar-refractivity contribution in [3.63, 3.8) is 0 Å². The molecule has 0 atom stereocenters. The van der Waals surface area contributed by atoms with Crippen LogP contribution in [0.25, 0.3) is 0 Å². The SMILES string of the molecule is C=CC(COc1ccc(C)cc1)=[N+](C)CC. The van der Waals surface area contributed by atoms with Crippen molar-refractivity contribution in [3.8, 4) is 5.75 Å². The Morgan fingerprint density at radius 2 is 2.00 bits per heavy atom. The number of rotatable bonds is 5. The van der Waals surface area contributed by atoms with Crippen LogP contribution in [0.3, 0.4) is 0 Å². The van der Waals surface area contributed by atoms with Crippen molar-refractivity contribution in [1.29, 1.82) is 0 Å². The van der Waals surface area contributed by atoms with Crippen molar-refractivity contribution in [1.82, 2.24) is 0 Å². The van der Waals surface area contributed by atoms with E-state index in [4.69, 9.17) is 4.74 Å². The molecule has 0 unspecified atom stereocenters. The molecule has 0 aromatic heterocycles. The minimum absolute atomic E-state index is 0.566. The maximum Gasteiger partial charge on any atom is 0.213 e. The van der Waals surface area contributed by atoms with Crippen LogP contribution in [-0.4, -0.2) is 30.5 Å². The summed E-state index contributed by atoms with van der Waals surface area (Å²) in [5.41, 5.74) is 2.34. The Morgan fingerprint density at radius 1 is 1.38 bits per heavy atom. The Morgan fingerprint density at radius 3 is 2.50 bits per heavy atom. The molecule has 0 saturated heterocycles. The maximum absolute atomic E-state index is 5.69. The number of aryl methyl sites for hydroxylation is 1. The van der Waals surface area contributed by atoms with E-state index < -0.39 is 0 Å². The lowest BCUT2D eigenvalue weighted by molar-refractivity contribution is -0.493. The van der Waals surface area contributed by atoms with Crippen LogP contribution in [0.15, 0.2) is 36.9 Å². The fraction of sp³-hybridized carbons (Fsp3) is 0.357. The van der Waals surface area contributed by atoms with Crippen LogP contribution in [-0.2, 0) is 0 Å². The van der Waals surface area contributed by atoms with E-state index in [1.54, 1.807) is 0 Å². The van der Waals surface area contributed by atoms with Crippen LogP contribution in [0.1, 0.15) is 12.5 Å². The molecule has 86 valence electrons. The van der Waals surface area contributed by atoms with E-state index in [2.05, 4.69) is 25.0 Å². The van der Waals surface area contributed by atoms with E-state index in [1.165, 1.54) is 5.56 Å². The van der Waals surface area contributed by atoms with Crippen LogP contribution < -0.4 is 4.74 Å². The molecule has 1 rings (SSSR count). The zero-order valence-electron chi connectivity index (χ0n) is 10.4. The van der Waals surface area contributed by atoms with E-state index in [0.717, 1.165) is 18.0 Å². The number of hydrogen-bond donors (Lipinski definition) is 0. The molecule has 16 heavy (non-hydrogen) atoms. The first kappa shape index (κ1) is 12.5. The van der Waals surface area contributed by atoms with Gasteiger partial charge in [0.15, 0.2) is 6.61 Å². The summed E-state index contributed by atoms with van der Waals surface area (Å²) >= 11 is 0. The quantitative estimate of drug-likeness (QED) is 0.546. The molecule has 0 bridgehead atoms. The largest absolute Gasteiger partial charge is 0.483 e. The molecule has 0 spiro atoms. The highest BCUT2D eigenvalue weighted by Gasteiger charge is 2.05. The molecule has 0 saturated carbocycles. The van der Waals surface area contributed by atoms with Gasteiger partial charge in [0.1, 0.15) is 19.3 Å². The van der Waals surface area contributed by atoms with E-state index in [9.17, 15) is 0 Å². The summed E-state index contributed by atoms with van der Waals surface area (Å²) in [5, 5.41) is 0. The van der Waals surface area contributed by atoms with E-state index in [-0.39, 0.29) is 0 Å². The van der Waals surface area contributed by atoms with Crippen molar-refractivity contribution in [2.75, 3.05) is 20.2 Å². The second-order valence-electron chi connectivity index (χ2n) is 3.81. The molecule has 0 aliphatic carbocycles. The molecule has 0 aliphatic rings. The van der Waals surface area contributed by atoms with Crippen molar-refractivity contribution in [2.45, 2.75) is 13.8 Å². The van der Waals surface area contributed by atoms with Gasteiger partial charge in [-0.05, 0) is 26.0 Å². The molecule has 0 amide bonds. The average molecular weight is 218 g/mol. The highest BCUT2D eigenvalue weighted by Crippen LogP contribution is 2.11. The predicted molar refractivity (Wildman–Crippen MR) is 68.6 cm³/mol. The van der Waals surface area contributed by atoms with Gasteiger partial charge in [-0.3, -0.25) is 0 Å². The third-order valence-electron chi connectivity index (χ3n) is 2.61. The Balaban J connectivity index is 2.63. The predicted octanol–water partition coefficient (Wildman–Crippen LogP) is 2.66. The average Bonchev–Trinajstić information content (AvgIpc) is 2.31. The van der Waals surface area contributed by atoms with Gasteiger partial charge in [0.2, 0.25) is 5.71 Å². The van der Waals surface area contributed by atoms with Crippen molar-refractivity contribution < 1.29 is 9.31 Å². The highest BCUT2D eigenvalue weighted by atomic mass is 16.5. The van der Waals surface area contributed by atoms with Crippen LogP contribution in [0.4, 0.5) is 0 Å². The lowest BCUT2D eigenvalue weighted by atomic mass is 10.2. The maximum atomic E-state index is 5.69. The van der Waals surface area contributed by atoms with E-state index in [0.29, 0.717) is 6.61 Å². The zero-order chi connectivity index (χ0) is 12.0. The Bertz CT molecular complexity index is 376. The molecule has 0 radical (unpaired) electrons. The van der Waals surface area contributed by atoms with Crippen LogP contribution in [0, 0.1) is 6.92 Å². The molecule has 0 aliphatic heterocycles.